The molecule has 0 aliphatic rings. The molecule has 2 heterocycles. The first-order valence-corrected chi connectivity index (χ1v) is 9.11. The molecule has 8 heteroatoms. The van der Waals surface area contributed by atoms with Crippen molar-refractivity contribution in [1.82, 2.24) is 25.5 Å². The Labute approximate surface area is 167 Å². The van der Waals surface area contributed by atoms with Gasteiger partial charge in [0.1, 0.15) is 18.1 Å². The minimum Gasteiger partial charge on any atom is -0.490 e. The molecule has 0 fully saturated rings. The number of amides is 1. The second-order valence-corrected chi connectivity index (χ2v) is 6.21. The van der Waals surface area contributed by atoms with E-state index < -0.39 is 0 Å². The highest BCUT2D eigenvalue weighted by atomic mass is 16.5. The van der Waals surface area contributed by atoms with Gasteiger partial charge in [-0.3, -0.25) is 14.6 Å². The summed E-state index contributed by atoms with van der Waals surface area (Å²) >= 11 is 0. The zero-order valence-corrected chi connectivity index (χ0v) is 15.8. The van der Waals surface area contributed by atoms with E-state index in [4.69, 9.17) is 4.74 Å². The topological polar surface area (TPSA) is 110 Å². The molecule has 0 radical (unpaired) electrons. The largest absolute Gasteiger partial charge is 0.490 e. The summed E-state index contributed by atoms with van der Waals surface area (Å²) in [6, 6.07) is 10.8. The van der Waals surface area contributed by atoms with E-state index in [9.17, 15) is 9.59 Å². The highest BCUT2D eigenvalue weighted by molar-refractivity contribution is 5.76. The Bertz CT molecular complexity index is 1030. The maximum Gasteiger partial charge on any atom is 0.273 e. The fourth-order valence-electron chi connectivity index (χ4n) is 2.57. The number of carbonyl (C=O) groups is 1. The Hall–Kier alpha value is -3.81. The number of rotatable bonds is 9. The first-order valence-electron chi connectivity index (χ1n) is 9.11. The van der Waals surface area contributed by atoms with Crippen LogP contribution in [0, 0.1) is 0 Å². The van der Waals surface area contributed by atoms with E-state index in [0.29, 0.717) is 30.3 Å². The standard InChI is InChI=1S/C21H21N5O3/c1-2-11-29-17-7-3-6-16(12-17)20-24-21(28)18(25-26-20)8-9-19(27)23-14-15-5-4-10-22-13-15/h2-7,10,12-13H,1,8-9,11,14H2,(H,23,27)(H,24,26,28). The molecule has 29 heavy (non-hydrogen) atoms. The summed E-state index contributed by atoms with van der Waals surface area (Å²) in [5.41, 5.74) is 1.43. The molecule has 8 nitrogen and oxygen atoms in total. The highest BCUT2D eigenvalue weighted by Gasteiger charge is 2.10. The number of aromatic amines is 1. The van der Waals surface area contributed by atoms with E-state index in [0.717, 1.165) is 5.56 Å². The van der Waals surface area contributed by atoms with Crippen molar-refractivity contribution in [2.24, 2.45) is 0 Å². The first kappa shape index (κ1) is 19.9. The Balaban J connectivity index is 1.59. The zero-order valence-electron chi connectivity index (χ0n) is 15.8. The van der Waals surface area contributed by atoms with Gasteiger partial charge < -0.3 is 15.0 Å². The molecule has 0 aliphatic heterocycles. The van der Waals surface area contributed by atoms with Crippen LogP contribution in [0.15, 0.2) is 66.2 Å². The van der Waals surface area contributed by atoms with Gasteiger partial charge in [0, 0.05) is 37.3 Å². The van der Waals surface area contributed by atoms with Gasteiger partial charge in [0.25, 0.3) is 5.56 Å². The third-order valence-corrected chi connectivity index (χ3v) is 4.04. The average molecular weight is 391 g/mol. The van der Waals surface area contributed by atoms with E-state index in [1.165, 1.54) is 0 Å². The average Bonchev–Trinajstić information content (AvgIpc) is 2.76. The van der Waals surface area contributed by atoms with Crippen molar-refractivity contribution in [1.29, 1.82) is 0 Å². The number of aromatic nitrogens is 4. The molecule has 1 amide bonds. The van der Waals surface area contributed by atoms with Gasteiger partial charge in [0.2, 0.25) is 5.91 Å². The minimum absolute atomic E-state index is 0.141. The van der Waals surface area contributed by atoms with Crippen molar-refractivity contribution < 1.29 is 9.53 Å². The lowest BCUT2D eigenvalue weighted by Crippen LogP contribution is -2.25. The Morgan fingerprint density at radius 1 is 1.24 bits per heavy atom. The van der Waals surface area contributed by atoms with Crippen LogP contribution in [0.2, 0.25) is 0 Å². The number of aryl methyl sites for hydroxylation is 1. The van der Waals surface area contributed by atoms with Crippen molar-refractivity contribution in [2.45, 2.75) is 19.4 Å². The molecule has 3 aromatic rings. The molecule has 0 saturated heterocycles. The smallest absolute Gasteiger partial charge is 0.273 e. The Morgan fingerprint density at radius 3 is 2.90 bits per heavy atom. The van der Waals surface area contributed by atoms with Crippen LogP contribution in [0.3, 0.4) is 0 Å². The molecule has 0 spiro atoms. The van der Waals surface area contributed by atoms with Crippen molar-refractivity contribution in [2.75, 3.05) is 6.61 Å². The quantitative estimate of drug-likeness (QED) is 0.540. The summed E-state index contributed by atoms with van der Waals surface area (Å²) in [5.74, 6) is 0.800. The maximum absolute atomic E-state index is 12.3. The van der Waals surface area contributed by atoms with Crippen molar-refractivity contribution in [3.8, 4) is 17.1 Å². The van der Waals surface area contributed by atoms with E-state index in [-0.39, 0.29) is 30.0 Å². The SMILES string of the molecule is C=CCOc1cccc(-c2nnc(CCC(=O)NCc3cccnc3)c(=O)[nH]2)c1. The van der Waals surface area contributed by atoms with Gasteiger partial charge in [-0.2, -0.15) is 0 Å². The number of nitrogens with one attached hydrogen (secondary N) is 2. The summed E-state index contributed by atoms with van der Waals surface area (Å²) in [5, 5.41) is 10.9. The minimum atomic E-state index is -0.368. The van der Waals surface area contributed by atoms with Gasteiger partial charge in [-0.15, -0.1) is 10.2 Å². The number of carbonyl (C=O) groups excluding carboxylic acids is 1. The predicted octanol–water partition coefficient (Wildman–Crippen LogP) is 2.04. The molecule has 0 saturated carbocycles. The molecule has 0 aliphatic carbocycles. The Kier molecular flexibility index (Phi) is 6.83. The number of benzene rings is 1. The monoisotopic (exact) mass is 391 g/mol. The fourth-order valence-corrected chi connectivity index (χ4v) is 2.57. The third kappa shape index (κ3) is 5.83. The highest BCUT2D eigenvalue weighted by Crippen LogP contribution is 2.19. The molecule has 3 rings (SSSR count). The van der Waals surface area contributed by atoms with Crippen molar-refractivity contribution in [3.05, 3.63) is 83.1 Å². The lowest BCUT2D eigenvalue weighted by atomic mass is 10.2. The molecular weight excluding hydrogens is 370 g/mol. The van der Waals surface area contributed by atoms with Crippen LogP contribution in [0.25, 0.3) is 11.4 Å². The van der Waals surface area contributed by atoms with Crippen LogP contribution in [0.5, 0.6) is 5.75 Å². The fraction of sp³-hybridized carbons (Fsp3) is 0.190. The maximum atomic E-state index is 12.3. The lowest BCUT2D eigenvalue weighted by Gasteiger charge is -2.06. The number of H-pyrrole nitrogens is 1. The molecule has 0 atom stereocenters. The second-order valence-electron chi connectivity index (χ2n) is 6.21. The molecule has 148 valence electrons. The first-order chi connectivity index (χ1) is 14.2. The Morgan fingerprint density at radius 2 is 2.14 bits per heavy atom. The lowest BCUT2D eigenvalue weighted by molar-refractivity contribution is -0.121. The van der Waals surface area contributed by atoms with E-state index >= 15 is 0 Å². The summed E-state index contributed by atoms with van der Waals surface area (Å²) in [6.45, 7) is 4.38. The van der Waals surface area contributed by atoms with Gasteiger partial charge in [0.05, 0.1) is 0 Å². The number of pyridine rings is 1. The van der Waals surface area contributed by atoms with Crippen LogP contribution in [-0.2, 0) is 17.8 Å². The number of hydrogen-bond donors (Lipinski definition) is 2. The van der Waals surface area contributed by atoms with Crippen LogP contribution >= 0.6 is 0 Å². The van der Waals surface area contributed by atoms with Crippen LogP contribution < -0.4 is 15.6 Å². The van der Waals surface area contributed by atoms with Crippen LogP contribution in [0.1, 0.15) is 17.7 Å². The molecule has 0 unspecified atom stereocenters. The summed E-state index contributed by atoms with van der Waals surface area (Å²) < 4.78 is 5.48. The third-order valence-electron chi connectivity index (χ3n) is 4.04. The van der Waals surface area contributed by atoms with Gasteiger partial charge in [-0.25, -0.2) is 0 Å². The zero-order chi connectivity index (χ0) is 20.5. The number of nitrogens with zero attached hydrogens (tertiary/aromatic N) is 3. The molecule has 2 aromatic heterocycles. The van der Waals surface area contributed by atoms with Gasteiger partial charge >= 0.3 is 0 Å². The van der Waals surface area contributed by atoms with Gasteiger partial charge in [-0.05, 0) is 23.8 Å². The van der Waals surface area contributed by atoms with E-state index in [2.05, 4.69) is 32.1 Å². The summed E-state index contributed by atoms with van der Waals surface area (Å²) in [4.78, 5) is 31.0. The van der Waals surface area contributed by atoms with E-state index in [1.807, 2.05) is 6.07 Å². The number of hydrogen-bond acceptors (Lipinski definition) is 6. The van der Waals surface area contributed by atoms with Crippen molar-refractivity contribution in [3.63, 3.8) is 0 Å². The normalized spacial score (nSPS) is 10.3. The van der Waals surface area contributed by atoms with Crippen LogP contribution in [-0.4, -0.2) is 32.7 Å². The second kappa shape index (κ2) is 9.93. The van der Waals surface area contributed by atoms with Gasteiger partial charge in [0.15, 0.2) is 5.82 Å². The van der Waals surface area contributed by atoms with Gasteiger partial charge in [-0.1, -0.05) is 30.9 Å². The molecule has 0 bridgehead atoms. The summed E-state index contributed by atoms with van der Waals surface area (Å²) in [6.07, 6.45) is 5.35. The summed E-state index contributed by atoms with van der Waals surface area (Å²) in [7, 11) is 0. The molecule has 2 N–H and O–H groups in total. The number of ether oxygens (including phenoxy) is 1. The van der Waals surface area contributed by atoms with Crippen LogP contribution in [0.4, 0.5) is 0 Å². The predicted molar refractivity (Wildman–Crippen MR) is 108 cm³/mol. The molecular formula is C21H21N5O3. The van der Waals surface area contributed by atoms with Crippen molar-refractivity contribution >= 4 is 5.91 Å². The van der Waals surface area contributed by atoms with E-state index in [1.54, 1.807) is 48.8 Å². The molecule has 1 aromatic carbocycles.